The molecule has 102 valence electrons. The standard InChI is InChI=1S/C14H18BrClF2/c1-8(14(2,3)4)5-11(16)9-6-13(18)10(15)7-12(9)17/h6-8,11H,5H2,1-4H3. The van der Waals surface area contributed by atoms with E-state index in [1.165, 1.54) is 6.07 Å². The molecule has 0 N–H and O–H groups in total. The van der Waals surface area contributed by atoms with Crippen molar-refractivity contribution >= 4 is 27.5 Å². The summed E-state index contributed by atoms with van der Waals surface area (Å²) in [6, 6.07) is 2.30. The summed E-state index contributed by atoms with van der Waals surface area (Å²) in [5.41, 5.74) is 0.325. The van der Waals surface area contributed by atoms with Crippen molar-refractivity contribution < 1.29 is 8.78 Å². The zero-order chi connectivity index (χ0) is 14.1. The summed E-state index contributed by atoms with van der Waals surface area (Å²) in [6.07, 6.45) is 0.614. The van der Waals surface area contributed by atoms with Gasteiger partial charge in [0, 0.05) is 5.56 Å². The number of rotatable bonds is 3. The largest absolute Gasteiger partial charge is 0.207 e. The molecule has 1 aromatic carbocycles. The SMILES string of the molecule is CC(CC(Cl)c1cc(F)c(Br)cc1F)C(C)(C)C. The molecule has 0 amide bonds. The van der Waals surface area contributed by atoms with Crippen LogP contribution in [0.5, 0.6) is 0 Å². The van der Waals surface area contributed by atoms with Gasteiger partial charge in [-0.15, -0.1) is 11.6 Å². The van der Waals surface area contributed by atoms with Gasteiger partial charge >= 0.3 is 0 Å². The van der Waals surface area contributed by atoms with Gasteiger partial charge in [-0.2, -0.15) is 0 Å². The third-order valence-corrected chi connectivity index (χ3v) is 4.44. The van der Waals surface area contributed by atoms with Crippen LogP contribution in [0.25, 0.3) is 0 Å². The molecule has 0 aromatic heterocycles. The molecule has 0 bridgehead atoms. The van der Waals surface area contributed by atoms with Crippen LogP contribution in [-0.2, 0) is 0 Å². The van der Waals surface area contributed by atoms with Gasteiger partial charge in [-0.05, 0) is 45.8 Å². The van der Waals surface area contributed by atoms with Crippen molar-refractivity contribution in [3.05, 3.63) is 33.8 Å². The van der Waals surface area contributed by atoms with E-state index in [0.717, 1.165) is 6.07 Å². The lowest BCUT2D eigenvalue weighted by Gasteiger charge is -2.29. The van der Waals surface area contributed by atoms with Crippen molar-refractivity contribution in [2.75, 3.05) is 0 Å². The van der Waals surface area contributed by atoms with Gasteiger partial charge in [0.05, 0.1) is 9.85 Å². The van der Waals surface area contributed by atoms with Crippen LogP contribution in [0.1, 0.15) is 45.1 Å². The molecule has 1 rings (SSSR count). The first kappa shape index (κ1) is 15.9. The Morgan fingerprint density at radius 2 is 1.78 bits per heavy atom. The molecule has 0 spiro atoms. The maximum Gasteiger partial charge on any atom is 0.137 e. The summed E-state index contributed by atoms with van der Waals surface area (Å²) in [7, 11) is 0. The lowest BCUT2D eigenvalue weighted by molar-refractivity contribution is 0.244. The van der Waals surface area contributed by atoms with Gasteiger partial charge in [-0.25, -0.2) is 8.78 Å². The van der Waals surface area contributed by atoms with Crippen LogP contribution >= 0.6 is 27.5 Å². The highest BCUT2D eigenvalue weighted by atomic mass is 79.9. The Hall–Kier alpha value is -0.150. The number of benzene rings is 1. The van der Waals surface area contributed by atoms with Crippen LogP contribution in [0.2, 0.25) is 0 Å². The Balaban J connectivity index is 2.91. The van der Waals surface area contributed by atoms with Gasteiger partial charge in [0.1, 0.15) is 11.6 Å². The van der Waals surface area contributed by atoms with Crippen LogP contribution in [-0.4, -0.2) is 0 Å². The van der Waals surface area contributed by atoms with Gasteiger partial charge in [0.2, 0.25) is 0 Å². The molecule has 2 unspecified atom stereocenters. The minimum absolute atomic E-state index is 0.0948. The van der Waals surface area contributed by atoms with Crippen molar-refractivity contribution in [2.45, 2.75) is 39.5 Å². The molecule has 2 atom stereocenters. The molecule has 0 heterocycles. The third-order valence-electron chi connectivity index (χ3n) is 3.42. The molecule has 0 aliphatic rings. The zero-order valence-corrected chi connectivity index (χ0v) is 13.4. The predicted molar refractivity (Wildman–Crippen MR) is 75.9 cm³/mol. The van der Waals surface area contributed by atoms with Crippen LogP contribution < -0.4 is 0 Å². The van der Waals surface area contributed by atoms with E-state index in [9.17, 15) is 8.78 Å². The molecular formula is C14H18BrClF2. The van der Waals surface area contributed by atoms with Gasteiger partial charge < -0.3 is 0 Å². The maximum absolute atomic E-state index is 13.7. The van der Waals surface area contributed by atoms with Crippen LogP contribution in [0.3, 0.4) is 0 Å². The monoisotopic (exact) mass is 338 g/mol. The van der Waals surface area contributed by atoms with E-state index in [2.05, 4.69) is 43.6 Å². The highest BCUT2D eigenvalue weighted by Gasteiger charge is 2.25. The van der Waals surface area contributed by atoms with Gasteiger partial charge in [0.15, 0.2) is 0 Å². The van der Waals surface area contributed by atoms with Crippen LogP contribution in [0, 0.1) is 23.0 Å². The minimum Gasteiger partial charge on any atom is -0.207 e. The van der Waals surface area contributed by atoms with E-state index in [0.29, 0.717) is 12.3 Å². The highest BCUT2D eigenvalue weighted by molar-refractivity contribution is 9.10. The second-order valence-corrected chi connectivity index (χ2v) is 7.14. The summed E-state index contributed by atoms with van der Waals surface area (Å²) >= 11 is 9.17. The highest BCUT2D eigenvalue weighted by Crippen LogP contribution is 2.38. The molecule has 0 saturated heterocycles. The Morgan fingerprint density at radius 3 is 2.28 bits per heavy atom. The van der Waals surface area contributed by atoms with Crippen molar-refractivity contribution in [1.82, 2.24) is 0 Å². The van der Waals surface area contributed by atoms with Gasteiger partial charge in [-0.3, -0.25) is 0 Å². The fraction of sp³-hybridized carbons (Fsp3) is 0.571. The first-order valence-electron chi connectivity index (χ1n) is 5.91. The van der Waals surface area contributed by atoms with Crippen molar-refractivity contribution in [3.63, 3.8) is 0 Å². The number of hydrogen-bond donors (Lipinski definition) is 0. The molecular weight excluding hydrogens is 322 g/mol. The molecule has 1 aromatic rings. The van der Waals surface area contributed by atoms with E-state index in [4.69, 9.17) is 11.6 Å². The molecule has 0 nitrogen and oxygen atoms in total. The average molecular weight is 340 g/mol. The van der Waals surface area contributed by atoms with Gasteiger partial charge in [-0.1, -0.05) is 27.7 Å². The molecule has 0 saturated carbocycles. The Morgan fingerprint density at radius 1 is 1.22 bits per heavy atom. The van der Waals surface area contributed by atoms with Crippen molar-refractivity contribution in [3.8, 4) is 0 Å². The predicted octanol–water partition coefficient (Wildman–Crippen LogP) is 6.08. The Bertz CT molecular complexity index is 427. The van der Waals surface area contributed by atoms with Crippen molar-refractivity contribution in [2.24, 2.45) is 11.3 Å². The molecule has 0 fully saturated rings. The average Bonchev–Trinajstić information content (AvgIpc) is 2.21. The fourth-order valence-corrected chi connectivity index (χ4v) is 2.32. The van der Waals surface area contributed by atoms with E-state index in [1.807, 2.05) is 0 Å². The summed E-state index contributed by atoms with van der Waals surface area (Å²) < 4.78 is 27.3. The lowest BCUT2D eigenvalue weighted by atomic mass is 9.79. The van der Waals surface area contributed by atoms with Gasteiger partial charge in [0.25, 0.3) is 0 Å². The van der Waals surface area contributed by atoms with E-state index in [-0.39, 0.29) is 15.5 Å². The minimum atomic E-state index is -0.512. The maximum atomic E-state index is 13.7. The molecule has 0 aliphatic carbocycles. The van der Waals surface area contributed by atoms with E-state index >= 15 is 0 Å². The molecule has 18 heavy (non-hydrogen) atoms. The number of hydrogen-bond acceptors (Lipinski definition) is 0. The normalized spacial score (nSPS) is 15.6. The zero-order valence-electron chi connectivity index (χ0n) is 11.0. The summed E-state index contributed by atoms with van der Waals surface area (Å²) in [6.45, 7) is 8.40. The Kier molecular flexibility index (Phi) is 5.19. The second-order valence-electron chi connectivity index (χ2n) is 5.76. The summed E-state index contributed by atoms with van der Waals surface area (Å²) in [5, 5.41) is -0.512. The Labute approximate surface area is 121 Å². The summed E-state index contributed by atoms with van der Waals surface area (Å²) in [4.78, 5) is 0. The summed E-state index contributed by atoms with van der Waals surface area (Å²) in [5.74, 6) is -0.643. The fourth-order valence-electron chi connectivity index (χ4n) is 1.57. The molecule has 0 radical (unpaired) electrons. The third kappa shape index (κ3) is 3.92. The molecule has 0 aliphatic heterocycles. The number of alkyl halides is 1. The van der Waals surface area contributed by atoms with E-state index in [1.54, 1.807) is 0 Å². The first-order chi connectivity index (χ1) is 8.12. The quantitative estimate of drug-likeness (QED) is 0.462. The lowest BCUT2D eigenvalue weighted by Crippen LogP contribution is -2.19. The first-order valence-corrected chi connectivity index (χ1v) is 7.14. The second kappa shape index (κ2) is 5.87. The van der Waals surface area contributed by atoms with E-state index < -0.39 is 17.0 Å². The van der Waals surface area contributed by atoms with Crippen LogP contribution in [0.4, 0.5) is 8.78 Å². The van der Waals surface area contributed by atoms with Crippen molar-refractivity contribution in [1.29, 1.82) is 0 Å². The smallest absolute Gasteiger partial charge is 0.137 e. The molecule has 4 heteroatoms. The topological polar surface area (TPSA) is 0 Å². The van der Waals surface area contributed by atoms with Crippen LogP contribution in [0.15, 0.2) is 16.6 Å². The number of halogens is 4.